The normalized spacial score (nSPS) is 37.1. The van der Waals surface area contributed by atoms with E-state index in [0.717, 1.165) is 37.9 Å². The number of hydrogen-bond acceptors (Lipinski definition) is 4. The lowest BCUT2D eigenvalue weighted by Gasteiger charge is -2.42. The van der Waals surface area contributed by atoms with E-state index >= 15 is 0 Å². The van der Waals surface area contributed by atoms with E-state index in [9.17, 15) is 5.26 Å². The van der Waals surface area contributed by atoms with Gasteiger partial charge in [0.25, 0.3) is 0 Å². The predicted octanol–water partition coefficient (Wildman–Crippen LogP) is 3.12. The first-order valence-electron chi connectivity index (χ1n) is 7.92. The predicted molar refractivity (Wildman–Crippen MR) is 79.3 cm³/mol. The molecule has 1 N–H and O–H groups in total. The molecule has 0 aromatic rings. The fraction of sp³-hybridized carbons (Fsp3) is 0.588. The molecule has 4 heteroatoms. The number of hydrogen-bond donors (Lipinski definition) is 1. The molecule has 2 unspecified atom stereocenters. The Morgan fingerprint density at radius 2 is 2.29 bits per heavy atom. The zero-order valence-electron chi connectivity index (χ0n) is 12.5. The van der Waals surface area contributed by atoms with Gasteiger partial charge < -0.3 is 9.64 Å². The van der Waals surface area contributed by atoms with Crippen molar-refractivity contribution in [2.45, 2.75) is 50.7 Å². The molecule has 21 heavy (non-hydrogen) atoms. The zero-order valence-corrected chi connectivity index (χ0v) is 12.5. The van der Waals surface area contributed by atoms with E-state index in [2.05, 4.69) is 34.8 Å². The summed E-state index contributed by atoms with van der Waals surface area (Å²) in [5.74, 6) is 1.07. The average Bonchev–Trinajstić information content (AvgIpc) is 2.88. The van der Waals surface area contributed by atoms with Gasteiger partial charge in [0.1, 0.15) is 11.8 Å². The molecular weight excluding hydrogens is 262 g/mol. The minimum Gasteiger partial charge on any atom is -0.461 e. The molecule has 0 bridgehead atoms. The second kappa shape index (κ2) is 4.38. The maximum atomic E-state index is 9.64. The molecule has 4 aliphatic rings. The summed E-state index contributed by atoms with van der Waals surface area (Å²) < 4.78 is 6.27. The molecule has 4 nitrogen and oxygen atoms in total. The van der Waals surface area contributed by atoms with Gasteiger partial charge in [0, 0.05) is 18.8 Å². The van der Waals surface area contributed by atoms with Gasteiger partial charge in [0.2, 0.25) is 5.72 Å². The number of nitrogens with zero attached hydrogens (tertiary/aromatic N) is 2. The van der Waals surface area contributed by atoms with Crippen molar-refractivity contribution < 1.29 is 4.74 Å². The maximum Gasteiger partial charge on any atom is 0.249 e. The molecule has 110 valence electrons. The largest absolute Gasteiger partial charge is 0.461 e. The Morgan fingerprint density at radius 1 is 1.38 bits per heavy atom. The number of nitriles is 1. The van der Waals surface area contributed by atoms with E-state index in [-0.39, 0.29) is 5.41 Å². The zero-order chi connectivity index (χ0) is 14.5. The van der Waals surface area contributed by atoms with E-state index in [1.807, 2.05) is 7.05 Å². The molecular formula is C17H21N3O. The summed E-state index contributed by atoms with van der Waals surface area (Å²) in [6.07, 6.45) is 14.2. The minimum atomic E-state index is -0.865. The Morgan fingerprint density at radius 3 is 3.10 bits per heavy atom. The first kappa shape index (κ1) is 13.0. The van der Waals surface area contributed by atoms with Crippen molar-refractivity contribution in [1.29, 1.82) is 5.26 Å². The van der Waals surface area contributed by atoms with Gasteiger partial charge in [0.15, 0.2) is 0 Å². The smallest absolute Gasteiger partial charge is 0.249 e. The lowest BCUT2D eigenvalue weighted by atomic mass is 9.65. The van der Waals surface area contributed by atoms with E-state index in [4.69, 9.17) is 4.74 Å². The van der Waals surface area contributed by atoms with Crippen molar-refractivity contribution in [3.05, 3.63) is 35.5 Å². The third-order valence-electron chi connectivity index (χ3n) is 5.44. The quantitative estimate of drug-likeness (QED) is 0.803. The van der Waals surface area contributed by atoms with E-state index in [1.165, 1.54) is 24.1 Å². The lowest BCUT2D eigenvalue weighted by Crippen LogP contribution is -2.42. The van der Waals surface area contributed by atoms with Crippen LogP contribution in [0.2, 0.25) is 0 Å². The summed E-state index contributed by atoms with van der Waals surface area (Å²) in [6, 6.07) is 2.38. The first-order chi connectivity index (χ1) is 10.2. The molecule has 2 fully saturated rings. The summed E-state index contributed by atoms with van der Waals surface area (Å²) in [6.45, 7) is 0. The van der Waals surface area contributed by atoms with Gasteiger partial charge in [-0.2, -0.15) is 5.26 Å². The summed E-state index contributed by atoms with van der Waals surface area (Å²) in [5.41, 5.74) is 1.81. The summed E-state index contributed by atoms with van der Waals surface area (Å²) in [7, 11) is 1.83. The van der Waals surface area contributed by atoms with Crippen LogP contribution in [0.1, 0.15) is 44.9 Å². The fourth-order valence-electron chi connectivity index (χ4n) is 4.34. The Bertz CT molecular complexity index is 612. The van der Waals surface area contributed by atoms with Crippen LogP contribution in [0.4, 0.5) is 0 Å². The third kappa shape index (κ3) is 1.64. The standard InChI is InChI=1S/C17H21N3O/c1-19-17(12-18)11-16-8-4-2-6-13(16)10-20-9-5-3-7-14(20)15(16)21-17/h5,9-10,19H,2-4,6-8,11H2,1H3. The number of nitrogens with one attached hydrogen (secondary N) is 1. The van der Waals surface area contributed by atoms with Crippen molar-refractivity contribution in [2.24, 2.45) is 5.41 Å². The Labute approximate surface area is 125 Å². The Hall–Kier alpha value is -1.73. The Balaban J connectivity index is 1.89. The molecule has 1 aliphatic carbocycles. The number of allylic oxidation sites excluding steroid dienone is 3. The highest BCUT2D eigenvalue weighted by atomic mass is 16.5. The lowest BCUT2D eigenvalue weighted by molar-refractivity contribution is 0.0631. The van der Waals surface area contributed by atoms with E-state index in [0.29, 0.717) is 0 Å². The van der Waals surface area contributed by atoms with Crippen LogP contribution in [-0.2, 0) is 4.74 Å². The third-order valence-corrected chi connectivity index (χ3v) is 5.44. The van der Waals surface area contributed by atoms with Crippen molar-refractivity contribution in [3.8, 4) is 6.07 Å². The molecule has 0 aromatic carbocycles. The first-order valence-corrected chi connectivity index (χ1v) is 7.92. The van der Waals surface area contributed by atoms with Crippen molar-refractivity contribution in [1.82, 2.24) is 10.2 Å². The van der Waals surface area contributed by atoms with Gasteiger partial charge in [-0.1, -0.05) is 12.5 Å². The fourth-order valence-corrected chi connectivity index (χ4v) is 4.34. The molecule has 0 radical (unpaired) electrons. The van der Waals surface area contributed by atoms with Gasteiger partial charge in [0.05, 0.1) is 11.1 Å². The van der Waals surface area contributed by atoms with Crippen molar-refractivity contribution in [2.75, 3.05) is 7.05 Å². The second-order valence-electron chi connectivity index (χ2n) is 6.52. The van der Waals surface area contributed by atoms with Crippen LogP contribution in [0.15, 0.2) is 35.5 Å². The summed E-state index contributed by atoms with van der Waals surface area (Å²) in [5, 5.41) is 12.8. The average molecular weight is 283 g/mol. The SMILES string of the molecule is CNC1(C#N)CC23CCCCC2=CN2C=CCCC2=C3O1. The molecule has 2 atom stereocenters. The number of rotatable bonds is 1. The highest BCUT2D eigenvalue weighted by molar-refractivity contribution is 5.42. The molecule has 1 saturated carbocycles. The van der Waals surface area contributed by atoms with E-state index < -0.39 is 5.72 Å². The van der Waals surface area contributed by atoms with Gasteiger partial charge in [-0.05, 0) is 44.7 Å². The summed E-state index contributed by atoms with van der Waals surface area (Å²) in [4.78, 5) is 2.22. The van der Waals surface area contributed by atoms with Crippen LogP contribution in [0.3, 0.4) is 0 Å². The monoisotopic (exact) mass is 283 g/mol. The molecule has 1 saturated heterocycles. The van der Waals surface area contributed by atoms with Crippen LogP contribution < -0.4 is 5.32 Å². The highest BCUT2D eigenvalue weighted by Gasteiger charge is 2.58. The molecule has 4 rings (SSSR count). The van der Waals surface area contributed by atoms with Crippen LogP contribution in [0.5, 0.6) is 0 Å². The topological polar surface area (TPSA) is 48.3 Å². The van der Waals surface area contributed by atoms with Gasteiger partial charge in [-0.3, -0.25) is 5.32 Å². The second-order valence-corrected chi connectivity index (χ2v) is 6.52. The van der Waals surface area contributed by atoms with Crippen LogP contribution in [0, 0.1) is 16.7 Å². The molecule has 1 spiro atoms. The molecule has 3 heterocycles. The molecule has 3 aliphatic heterocycles. The van der Waals surface area contributed by atoms with Crippen LogP contribution in [0.25, 0.3) is 0 Å². The van der Waals surface area contributed by atoms with Gasteiger partial charge in [-0.25, -0.2) is 0 Å². The highest BCUT2D eigenvalue weighted by Crippen LogP contribution is 2.60. The summed E-state index contributed by atoms with van der Waals surface area (Å²) >= 11 is 0. The number of ether oxygens (including phenoxy) is 1. The Kier molecular flexibility index (Phi) is 2.71. The van der Waals surface area contributed by atoms with E-state index in [1.54, 1.807) is 0 Å². The van der Waals surface area contributed by atoms with Gasteiger partial charge >= 0.3 is 0 Å². The van der Waals surface area contributed by atoms with Gasteiger partial charge in [-0.15, -0.1) is 0 Å². The maximum absolute atomic E-state index is 9.64. The molecule has 0 amide bonds. The van der Waals surface area contributed by atoms with Crippen LogP contribution >= 0.6 is 0 Å². The van der Waals surface area contributed by atoms with Crippen LogP contribution in [-0.4, -0.2) is 17.7 Å². The number of fused-ring (bicyclic) bond motifs is 1. The van der Waals surface area contributed by atoms with Crippen molar-refractivity contribution >= 4 is 0 Å². The molecule has 0 aromatic heterocycles. The van der Waals surface area contributed by atoms with Crippen molar-refractivity contribution in [3.63, 3.8) is 0 Å². The minimum absolute atomic E-state index is 0.0337.